The summed E-state index contributed by atoms with van der Waals surface area (Å²) in [5.41, 5.74) is 2.62. The van der Waals surface area contributed by atoms with Gasteiger partial charge in [-0.3, -0.25) is 4.99 Å². The monoisotopic (exact) mass is 202 g/mol. The second kappa shape index (κ2) is 4.47. The van der Waals surface area contributed by atoms with Crippen molar-refractivity contribution in [3.63, 3.8) is 0 Å². The van der Waals surface area contributed by atoms with E-state index in [4.69, 9.17) is 0 Å². The molecule has 0 saturated heterocycles. The smallest absolute Gasteiger partial charge is 0.0975 e. The maximum absolute atomic E-state index is 4.32. The van der Waals surface area contributed by atoms with Crippen LogP contribution in [0.1, 0.15) is 38.2 Å². The molecule has 0 unspecified atom stereocenters. The Kier molecular flexibility index (Phi) is 3.05. The molecule has 2 rings (SSSR count). The molecule has 0 spiro atoms. The number of hydrogen-bond acceptors (Lipinski definition) is 1. The molecule has 0 bridgehead atoms. The zero-order chi connectivity index (χ0) is 10.7. The van der Waals surface area contributed by atoms with Crippen LogP contribution in [0.2, 0.25) is 0 Å². The largest absolute Gasteiger partial charge is 0.344 e. The predicted octanol–water partition coefficient (Wildman–Crippen LogP) is 3.41. The molecule has 1 aromatic carbocycles. The average molecular weight is 202 g/mol. The SMILES string of the molecule is CCN=C(C)Nc1cccc(C2CC2)c1. The van der Waals surface area contributed by atoms with Crippen LogP contribution in [0.15, 0.2) is 29.3 Å². The Bertz CT molecular complexity index is 365. The topological polar surface area (TPSA) is 24.4 Å². The number of nitrogens with zero attached hydrogens (tertiary/aromatic N) is 1. The molecule has 0 amide bonds. The normalized spacial score (nSPS) is 16.5. The number of rotatable bonds is 3. The zero-order valence-electron chi connectivity index (χ0n) is 9.46. The highest BCUT2D eigenvalue weighted by atomic mass is 15.0. The third-order valence-corrected chi connectivity index (χ3v) is 2.66. The number of anilines is 1. The van der Waals surface area contributed by atoms with Crippen molar-refractivity contribution in [3.8, 4) is 0 Å². The maximum Gasteiger partial charge on any atom is 0.0975 e. The van der Waals surface area contributed by atoms with E-state index in [2.05, 4.69) is 34.6 Å². The molecule has 1 aliphatic carbocycles. The van der Waals surface area contributed by atoms with Crippen molar-refractivity contribution in [2.45, 2.75) is 32.6 Å². The van der Waals surface area contributed by atoms with Gasteiger partial charge >= 0.3 is 0 Å². The number of aliphatic imine (C=N–C) groups is 1. The van der Waals surface area contributed by atoms with Crippen LogP contribution in [0, 0.1) is 0 Å². The van der Waals surface area contributed by atoms with E-state index in [0.29, 0.717) is 0 Å². The summed E-state index contributed by atoms with van der Waals surface area (Å²) in [6.07, 6.45) is 2.71. The van der Waals surface area contributed by atoms with Crippen molar-refractivity contribution in [2.24, 2.45) is 4.99 Å². The van der Waals surface area contributed by atoms with E-state index in [1.165, 1.54) is 18.4 Å². The van der Waals surface area contributed by atoms with Crippen LogP contribution in [0.25, 0.3) is 0 Å². The van der Waals surface area contributed by atoms with E-state index in [1.54, 1.807) is 0 Å². The van der Waals surface area contributed by atoms with Gasteiger partial charge in [-0.05, 0) is 50.3 Å². The highest BCUT2D eigenvalue weighted by Crippen LogP contribution is 2.40. The van der Waals surface area contributed by atoms with Gasteiger partial charge in [-0.1, -0.05) is 12.1 Å². The molecule has 1 saturated carbocycles. The van der Waals surface area contributed by atoms with Crippen molar-refractivity contribution in [1.82, 2.24) is 0 Å². The molecule has 1 fully saturated rings. The third-order valence-electron chi connectivity index (χ3n) is 2.66. The zero-order valence-corrected chi connectivity index (χ0v) is 9.46. The van der Waals surface area contributed by atoms with Crippen LogP contribution in [0.4, 0.5) is 5.69 Å². The lowest BCUT2D eigenvalue weighted by Crippen LogP contribution is -2.07. The molecule has 1 N–H and O–H groups in total. The van der Waals surface area contributed by atoms with Gasteiger partial charge in [-0.25, -0.2) is 0 Å². The summed E-state index contributed by atoms with van der Waals surface area (Å²) in [7, 11) is 0. The number of nitrogens with one attached hydrogen (secondary N) is 1. The minimum atomic E-state index is 0.815. The van der Waals surface area contributed by atoms with Crippen LogP contribution in [0.5, 0.6) is 0 Å². The van der Waals surface area contributed by atoms with E-state index in [1.807, 2.05) is 13.8 Å². The molecule has 80 valence electrons. The fourth-order valence-electron chi connectivity index (χ4n) is 1.77. The molecule has 0 aromatic heterocycles. The van der Waals surface area contributed by atoms with Gasteiger partial charge in [-0.15, -0.1) is 0 Å². The summed E-state index contributed by atoms with van der Waals surface area (Å²) in [4.78, 5) is 4.32. The van der Waals surface area contributed by atoms with Crippen molar-refractivity contribution >= 4 is 11.5 Å². The molecule has 2 nitrogen and oxygen atoms in total. The molecule has 0 aliphatic heterocycles. The lowest BCUT2D eigenvalue weighted by Gasteiger charge is -2.07. The molecule has 0 atom stereocenters. The fraction of sp³-hybridized carbons (Fsp3) is 0.462. The molecule has 0 radical (unpaired) electrons. The Balaban J connectivity index is 2.07. The van der Waals surface area contributed by atoms with Gasteiger partial charge in [0.15, 0.2) is 0 Å². The van der Waals surface area contributed by atoms with Crippen LogP contribution in [0.3, 0.4) is 0 Å². The number of hydrogen-bond donors (Lipinski definition) is 1. The minimum Gasteiger partial charge on any atom is -0.344 e. The molecule has 2 heteroatoms. The van der Waals surface area contributed by atoms with Gasteiger partial charge in [0.1, 0.15) is 0 Å². The van der Waals surface area contributed by atoms with Gasteiger partial charge in [0.2, 0.25) is 0 Å². The maximum atomic E-state index is 4.32. The highest BCUT2D eigenvalue weighted by molar-refractivity contribution is 5.93. The quantitative estimate of drug-likeness (QED) is 0.589. The summed E-state index contributed by atoms with van der Waals surface area (Å²) < 4.78 is 0. The first-order valence-corrected chi connectivity index (χ1v) is 5.67. The predicted molar refractivity (Wildman–Crippen MR) is 65.7 cm³/mol. The Morgan fingerprint density at radius 3 is 2.93 bits per heavy atom. The number of amidine groups is 1. The average Bonchev–Trinajstić information content (AvgIpc) is 3.01. The van der Waals surface area contributed by atoms with Crippen molar-refractivity contribution < 1.29 is 0 Å². The Hall–Kier alpha value is -1.31. The van der Waals surface area contributed by atoms with Gasteiger partial charge in [0, 0.05) is 12.2 Å². The molecule has 0 heterocycles. The van der Waals surface area contributed by atoms with E-state index in [-0.39, 0.29) is 0 Å². The molecule has 1 aliphatic rings. The van der Waals surface area contributed by atoms with E-state index < -0.39 is 0 Å². The van der Waals surface area contributed by atoms with Crippen LogP contribution < -0.4 is 5.32 Å². The second-order valence-electron chi connectivity index (χ2n) is 4.08. The second-order valence-corrected chi connectivity index (χ2v) is 4.08. The van der Waals surface area contributed by atoms with Crippen molar-refractivity contribution in [1.29, 1.82) is 0 Å². The summed E-state index contributed by atoms with van der Waals surface area (Å²) in [6, 6.07) is 8.68. The van der Waals surface area contributed by atoms with E-state index >= 15 is 0 Å². The molecule has 15 heavy (non-hydrogen) atoms. The first-order valence-electron chi connectivity index (χ1n) is 5.67. The fourth-order valence-corrected chi connectivity index (χ4v) is 1.77. The van der Waals surface area contributed by atoms with E-state index in [9.17, 15) is 0 Å². The van der Waals surface area contributed by atoms with Crippen molar-refractivity contribution in [2.75, 3.05) is 11.9 Å². The summed E-state index contributed by atoms with van der Waals surface area (Å²) in [6.45, 7) is 4.89. The lowest BCUT2D eigenvalue weighted by molar-refractivity contribution is 1.12. The van der Waals surface area contributed by atoms with Gasteiger partial charge in [-0.2, -0.15) is 0 Å². The Morgan fingerprint density at radius 1 is 1.47 bits per heavy atom. The van der Waals surface area contributed by atoms with Crippen LogP contribution in [-0.4, -0.2) is 12.4 Å². The number of benzene rings is 1. The van der Waals surface area contributed by atoms with E-state index in [0.717, 1.165) is 24.0 Å². The Labute approximate surface area is 91.4 Å². The standard InChI is InChI=1S/C13H18N2/c1-3-14-10(2)15-13-6-4-5-12(9-13)11-7-8-11/h4-6,9,11H,3,7-8H2,1-2H3,(H,14,15). The minimum absolute atomic E-state index is 0.815. The van der Waals surface area contributed by atoms with Gasteiger partial charge < -0.3 is 5.32 Å². The Morgan fingerprint density at radius 2 is 2.27 bits per heavy atom. The molecule has 1 aromatic rings. The summed E-state index contributed by atoms with van der Waals surface area (Å²) in [5, 5.41) is 3.32. The molecular weight excluding hydrogens is 184 g/mol. The van der Waals surface area contributed by atoms with Crippen LogP contribution in [-0.2, 0) is 0 Å². The first kappa shape index (κ1) is 10.2. The van der Waals surface area contributed by atoms with Gasteiger partial charge in [0.05, 0.1) is 5.84 Å². The van der Waals surface area contributed by atoms with Gasteiger partial charge in [0.25, 0.3) is 0 Å². The summed E-state index contributed by atoms with van der Waals surface area (Å²) >= 11 is 0. The first-order chi connectivity index (χ1) is 7.29. The van der Waals surface area contributed by atoms with Crippen LogP contribution >= 0.6 is 0 Å². The highest BCUT2D eigenvalue weighted by Gasteiger charge is 2.23. The third kappa shape index (κ3) is 2.82. The lowest BCUT2D eigenvalue weighted by atomic mass is 10.1. The molecular formula is C13H18N2. The summed E-state index contributed by atoms with van der Waals surface area (Å²) in [5.74, 6) is 1.81. The van der Waals surface area contributed by atoms with Crippen molar-refractivity contribution in [3.05, 3.63) is 29.8 Å².